The quantitative estimate of drug-likeness (QED) is 0.273. The maximum Gasteiger partial charge on any atom is 0.331 e. The lowest BCUT2D eigenvalue weighted by Gasteiger charge is -2.14. The van der Waals surface area contributed by atoms with Crippen molar-refractivity contribution in [3.8, 4) is 5.75 Å². The fourth-order valence-electron chi connectivity index (χ4n) is 4.75. The molecule has 0 aliphatic carbocycles. The number of para-hydroxylation sites is 2. The second kappa shape index (κ2) is 11.8. The van der Waals surface area contributed by atoms with E-state index < -0.39 is 5.69 Å². The van der Waals surface area contributed by atoms with Crippen molar-refractivity contribution in [2.24, 2.45) is 0 Å². The number of hydrogen-bond acceptors (Lipinski definition) is 6. The Morgan fingerprint density at radius 2 is 1.70 bits per heavy atom. The van der Waals surface area contributed by atoms with Gasteiger partial charge >= 0.3 is 5.69 Å². The zero-order valence-corrected chi connectivity index (χ0v) is 22.1. The standard InChI is InChI=1S/C30H29N5O5/c1-40-25-13-5-2-10-21(25)19-31-27(36)15-7-9-17-34-29(38)23-11-3-4-12-24(23)35(30(34)39)20-22-18-28(37)33-16-8-6-14-26(33)32-22/h2-6,8,10-14,16,18H,7,9,15,17,19-20H2,1H3,(H,31,36). The number of nitrogens with zero attached hydrogens (tertiary/aromatic N) is 4. The first kappa shape index (κ1) is 26.6. The van der Waals surface area contributed by atoms with E-state index in [-0.39, 0.29) is 36.5 Å². The maximum atomic E-state index is 13.5. The summed E-state index contributed by atoms with van der Waals surface area (Å²) in [5, 5.41) is 3.28. The molecule has 5 aromatic rings. The van der Waals surface area contributed by atoms with Crippen LogP contribution in [0.15, 0.2) is 93.4 Å². The first-order valence-electron chi connectivity index (χ1n) is 13.0. The lowest BCUT2D eigenvalue weighted by atomic mass is 10.2. The largest absolute Gasteiger partial charge is 0.496 e. The molecule has 0 atom stereocenters. The first-order valence-corrected chi connectivity index (χ1v) is 13.0. The molecule has 3 aromatic heterocycles. The summed E-state index contributed by atoms with van der Waals surface area (Å²) in [5.41, 5.74) is 1.11. The van der Waals surface area contributed by atoms with Gasteiger partial charge in [-0.1, -0.05) is 36.4 Å². The van der Waals surface area contributed by atoms with Crippen molar-refractivity contribution in [3.63, 3.8) is 0 Å². The van der Waals surface area contributed by atoms with Crippen LogP contribution >= 0.6 is 0 Å². The molecule has 0 aliphatic rings. The molecule has 10 nitrogen and oxygen atoms in total. The van der Waals surface area contributed by atoms with Gasteiger partial charge in [0, 0.05) is 37.3 Å². The van der Waals surface area contributed by atoms with Gasteiger partial charge in [-0.05, 0) is 43.2 Å². The Hall–Kier alpha value is -4.99. The van der Waals surface area contributed by atoms with E-state index in [0.29, 0.717) is 47.4 Å². The number of ether oxygens (including phenoxy) is 1. The molecule has 5 rings (SSSR count). The lowest BCUT2D eigenvalue weighted by Crippen LogP contribution is -2.40. The second-order valence-corrected chi connectivity index (χ2v) is 9.40. The molecule has 0 unspecified atom stereocenters. The van der Waals surface area contributed by atoms with Gasteiger partial charge in [-0.2, -0.15) is 0 Å². The van der Waals surface area contributed by atoms with Crippen molar-refractivity contribution in [2.45, 2.75) is 38.9 Å². The zero-order valence-electron chi connectivity index (χ0n) is 22.1. The summed E-state index contributed by atoms with van der Waals surface area (Å²) in [4.78, 5) is 56.3. The minimum Gasteiger partial charge on any atom is -0.496 e. The molecular weight excluding hydrogens is 510 g/mol. The molecule has 40 heavy (non-hydrogen) atoms. The van der Waals surface area contributed by atoms with Gasteiger partial charge in [0.1, 0.15) is 11.4 Å². The zero-order chi connectivity index (χ0) is 28.1. The van der Waals surface area contributed by atoms with E-state index in [0.717, 1.165) is 5.56 Å². The molecule has 10 heteroatoms. The Kier molecular flexibility index (Phi) is 7.86. The minimum atomic E-state index is -0.487. The van der Waals surface area contributed by atoms with Gasteiger partial charge in [0.25, 0.3) is 11.1 Å². The van der Waals surface area contributed by atoms with E-state index in [9.17, 15) is 19.2 Å². The Morgan fingerprint density at radius 1 is 0.925 bits per heavy atom. The van der Waals surface area contributed by atoms with Crippen molar-refractivity contribution < 1.29 is 9.53 Å². The van der Waals surface area contributed by atoms with Crippen LogP contribution in [0.25, 0.3) is 16.6 Å². The van der Waals surface area contributed by atoms with E-state index in [2.05, 4.69) is 10.3 Å². The summed E-state index contributed by atoms with van der Waals surface area (Å²) >= 11 is 0. The number of fused-ring (bicyclic) bond motifs is 2. The van der Waals surface area contributed by atoms with Crippen molar-refractivity contribution in [2.75, 3.05) is 7.11 Å². The highest BCUT2D eigenvalue weighted by molar-refractivity contribution is 5.78. The molecule has 1 N–H and O–H groups in total. The molecule has 0 saturated heterocycles. The number of carbonyl (C=O) groups is 1. The predicted octanol–water partition coefficient (Wildman–Crippen LogP) is 2.71. The number of unbranched alkanes of at least 4 members (excludes halogenated alkanes) is 1. The molecule has 0 fully saturated rings. The predicted molar refractivity (Wildman–Crippen MR) is 152 cm³/mol. The fourth-order valence-corrected chi connectivity index (χ4v) is 4.75. The van der Waals surface area contributed by atoms with Crippen molar-refractivity contribution in [1.82, 2.24) is 23.8 Å². The number of amides is 1. The summed E-state index contributed by atoms with van der Waals surface area (Å²) in [5.74, 6) is 0.585. The lowest BCUT2D eigenvalue weighted by molar-refractivity contribution is -0.121. The van der Waals surface area contributed by atoms with Crippen molar-refractivity contribution in [1.29, 1.82) is 0 Å². The normalized spacial score (nSPS) is 11.1. The SMILES string of the molecule is COc1ccccc1CNC(=O)CCCCn1c(=O)c2ccccc2n(Cc2cc(=O)n3ccccc3n2)c1=O. The second-order valence-electron chi connectivity index (χ2n) is 9.40. The van der Waals surface area contributed by atoms with Crippen molar-refractivity contribution >= 4 is 22.5 Å². The number of rotatable bonds is 10. The summed E-state index contributed by atoms with van der Waals surface area (Å²) in [6.07, 6.45) is 2.86. The number of methoxy groups -OCH3 is 1. The van der Waals surface area contributed by atoms with Crippen LogP contribution in [0.2, 0.25) is 0 Å². The van der Waals surface area contributed by atoms with E-state index in [1.807, 2.05) is 24.3 Å². The van der Waals surface area contributed by atoms with Gasteiger partial charge in [-0.25, -0.2) is 9.78 Å². The number of hydrogen-bond donors (Lipinski definition) is 1. The molecular formula is C30H29N5O5. The average Bonchev–Trinajstić information content (AvgIpc) is 2.98. The Labute approximate surface area is 229 Å². The smallest absolute Gasteiger partial charge is 0.331 e. The van der Waals surface area contributed by atoms with E-state index in [1.54, 1.807) is 55.8 Å². The van der Waals surface area contributed by atoms with Gasteiger partial charge < -0.3 is 10.1 Å². The van der Waals surface area contributed by atoms with E-state index in [4.69, 9.17) is 4.74 Å². The van der Waals surface area contributed by atoms with Crippen LogP contribution in [0.4, 0.5) is 0 Å². The summed E-state index contributed by atoms with van der Waals surface area (Å²) < 4.78 is 9.41. The third-order valence-corrected chi connectivity index (χ3v) is 6.78. The van der Waals surface area contributed by atoms with Crippen LogP contribution in [-0.2, 0) is 24.4 Å². The molecule has 204 valence electrons. The Balaban J connectivity index is 1.32. The van der Waals surface area contributed by atoms with Crippen LogP contribution in [0.1, 0.15) is 30.5 Å². The molecule has 3 heterocycles. The Bertz CT molecular complexity index is 1870. The van der Waals surface area contributed by atoms with Crippen LogP contribution in [0, 0.1) is 0 Å². The third-order valence-electron chi connectivity index (χ3n) is 6.78. The Morgan fingerprint density at radius 3 is 2.55 bits per heavy atom. The van der Waals surface area contributed by atoms with Gasteiger partial charge in [-0.3, -0.25) is 27.9 Å². The molecule has 0 saturated carbocycles. The highest BCUT2D eigenvalue weighted by atomic mass is 16.5. The van der Waals surface area contributed by atoms with E-state index in [1.165, 1.54) is 19.6 Å². The van der Waals surface area contributed by atoms with Crippen LogP contribution in [0.5, 0.6) is 5.75 Å². The summed E-state index contributed by atoms with van der Waals surface area (Å²) in [7, 11) is 1.59. The monoisotopic (exact) mass is 539 g/mol. The third kappa shape index (κ3) is 5.56. The molecule has 0 spiro atoms. The molecule has 0 aliphatic heterocycles. The van der Waals surface area contributed by atoms with Crippen LogP contribution in [-0.4, -0.2) is 31.5 Å². The molecule has 2 aromatic carbocycles. The van der Waals surface area contributed by atoms with Gasteiger partial charge in [0.2, 0.25) is 5.91 Å². The molecule has 0 bridgehead atoms. The van der Waals surface area contributed by atoms with Crippen LogP contribution in [0.3, 0.4) is 0 Å². The van der Waals surface area contributed by atoms with Crippen molar-refractivity contribution in [3.05, 3.63) is 121 Å². The van der Waals surface area contributed by atoms with E-state index >= 15 is 0 Å². The number of benzene rings is 2. The number of aromatic nitrogens is 4. The highest BCUT2D eigenvalue weighted by Gasteiger charge is 2.15. The number of carbonyl (C=O) groups excluding carboxylic acids is 1. The van der Waals surface area contributed by atoms with Gasteiger partial charge in [0.05, 0.1) is 30.3 Å². The number of pyridine rings is 1. The van der Waals surface area contributed by atoms with Gasteiger partial charge in [0.15, 0.2) is 0 Å². The highest BCUT2D eigenvalue weighted by Crippen LogP contribution is 2.17. The van der Waals surface area contributed by atoms with Crippen LogP contribution < -0.4 is 26.9 Å². The molecule has 1 amide bonds. The van der Waals surface area contributed by atoms with Gasteiger partial charge in [-0.15, -0.1) is 0 Å². The molecule has 0 radical (unpaired) electrons. The minimum absolute atomic E-state index is 0.0333. The summed E-state index contributed by atoms with van der Waals surface area (Å²) in [6.45, 7) is 0.547. The maximum absolute atomic E-state index is 13.5. The summed E-state index contributed by atoms with van der Waals surface area (Å²) in [6, 6.07) is 21.0. The topological polar surface area (TPSA) is 117 Å². The first-order chi connectivity index (χ1) is 19.5. The fraction of sp³-hybridized carbons (Fsp3) is 0.233. The average molecular weight is 540 g/mol. The number of nitrogens with one attached hydrogen (secondary N) is 1.